The summed E-state index contributed by atoms with van der Waals surface area (Å²) < 4.78 is 44.5. The first-order valence-corrected chi connectivity index (χ1v) is 20.1. The van der Waals surface area contributed by atoms with Gasteiger partial charge in [0.25, 0.3) is 0 Å². The summed E-state index contributed by atoms with van der Waals surface area (Å²) in [6.45, 7) is 7.33. The maximum atomic E-state index is 14.1. The number of alkyl halides is 3. The van der Waals surface area contributed by atoms with Gasteiger partial charge >= 0.3 is 6.18 Å². The van der Waals surface area contributed by atoms with Crippen molar-refractivity contribution in [3.63, 3.8) is 0 Å². The molecule has 0 aliphatic heterocycles. The Kier molecular flexibility index (Phi) is 9.58. The van der Waals surface area contributed by atoms with Crippen molar-refractivity contribution in [3.8, 4) is 73.8 Å². The Morgan fingerprint density at radius 1 is 0.365 bits per heavy atom. The van der Waals surface area contributed by atoms with Gasteiger partial charge in [-0.25, -0.2) is 44.9 Å². The maximum Gasteiger partial charge on any atom is 0.416 e. The predicted molar refractivity (Wildman–Crippen MR) is 238 cm³/mol. The summed E-state index contributed by atoms with van der Waals surface area (Å²) in [4.78, 5) is 42.6. The molecule has 0 spiro atoms. The van der Waals surface area contributed by atoms with Gasteiger partial charge in [-0.15, -0.1) is 0 Å². The third-order valence-corrected chi connectivity index (χ3v) is 10.7. The highest BCUT2D eigenvalue weighted by Crippen LogP contribution is 2.41. The van der Waals surface area contributed by atoms with E-state index in [-0.39, 0.29) is 0 Å². The molecule has 0 bridgehead atoms. The van der Waals surface area contributed by atoms with Gasteiger partial charge in [0.1, 0.15) is 23.3 Å². The van der Waals surface area contributed by atoms with Crippen molar-refractivity contribution in [2.24, 2.45) is 0 Å². The van der Waals surface area contributed by atoms with E-state index < -0.39 is 11.7 Å². The quantitative estimate of drug-likeness (QED) is 0.154. The van der Waals surface area contributed by atoms with Crippen LogP contribution >= 0.6 is 0 Å². The van der Waals surface area contributed by atoms with Crippen LogP contribution in [0.5, 0.6) is 0 Å². The van der Waals surface area contributed by atoms with Gasteiger partial charge in [-0.05, 0) is 99.5 Å². The number of halogens is 3. The monoisotopic (exact) mass is 832 g/mol. The van der Waals surface area contributed by atoms with Crippen LogP contribution in [-0.4, -0.2) is 49.4 Å². The van der Waals surface area contributed by atoms with Crippen LogP contribution in [0.4, 0.5) is 13.2 Å². The van der Waals surface area contributed by atoms with Crippen LogP contribution in [-0.2, 0) is 6.18 Å². The Hall–Kier alpha value is -8.06. The largest absolute Gasteiger partial charge is 0.416 e. The summed E-state index contributed by atoms with van der Waals surface area (Å²) in [5.74, 6) is 4.77. The summed E-state index contributed by atoms with van der Waals surface area (Å²) in [6, 6.07) is 42.3. The first-order chi connectivity index (χ1) is 30.4. The highest BCUT2D eigenvalue weighted by Gasteiger charge is 2.31. The third-order valence-electron chi connectivity index (χ3n) is 10.7. The standard InChI is InChI=1S/C50H35F3N10/c1-28-54-29(2)57-47(56-28)36-19-22-42-40(25-36)41-26-37(48-58-30(3)55-31(4)59-48)20-23-43(41)63(42)44-27-35(34-16-11-17-38(24-34)50(51,52)53)18-21-39(44)49-61-45(32-12-7-5-8-13-32)60-46(62-49)33-14-9-6-10-15-33/h5-27H,1-4H3. The number of nitrogens with zero attached hydrogens (tertiary/aromatic N) is 10. The number of hydrogen-bond acceptors (Lipinski definition) is 9. The molecular formula is C50H35F3N10. The fraction of sp³-hybridized carbons (Fsp3) is 0.100. The van der Waals surface area contributed by atoms with E-state index >= 15 is 0 Å². The van der Waals surface area contributed by atoms with Crippen LogP contribution in [0.15, 0.2) is 140 Å². The lowest BCUT2D eigenvalue weighted by Gasteiger charge is -2.17. The second-order valence-corrected chi connectivity index (χ2v) is 15.2. The lowest BCUT2D eigenvalue weighted by atomic mass is 9.99. The minimum atomic E-state index is -4.53. The Labute approximate surface area is 359 Å². The number of rotatable bonds is 7. The van der Waals surface area contributed by atoms with Gasteiger partial charge in [-0.1, -0.05) is 78.9 Å². The van der Waals surface area contributed by atoms with Gasteiger partial charge in [0.15, 0.2) is 29.1 Å². The highest BCUT2D eigenvalue weighted by atomic mass is 19.4. The predicted octanol–water partition coefficient (Wildman–Crippen LogP) is 11.6. The third kappa shape index (κ3) is 7.54. The molecule has 0 aliphatic carbocycles. The molecule has 10 rings (SSSR count). The summed E-state index contributed by atoms with van der Waals surface area (Å²) in [5, 5.41) is 1.73. The van der Waals surface area contributed by atoms with Crippen molar-refractivity contribution in [1.29, 1.82) is 0 Å². The van der Waals surface area contributed by atoms with Crippen LogP contribution in [0, 0.1) is 27.7 Å². The summed E-state index contributed by atoms with van der Waals surface area (Å²) in [7, 11) is 0. The van der Waals surface area contributed by atoms with E-state index in [0.717, 1.165) is 50.1 Å². The van der Waals surface area contributed by atoms with E-state index in [1.54, 1.807) is 6.07 Å². The van der Waals surface area contributed by atoms with Crippen LogP contribution < -0.4 is 0 Å². The van der Waals surface area contributed by atoms with Crippen molar-refractivity contribution >= 4 is 21.8 Å². The highest BCUT2D eigenvalue weighted by molar-refractivity contribution is 6.12. The molecule has 0 radical (unpaired) electrons. The summed E-state index contributed by atoms with van der Waals surface area (Å²) >= 11 is 0. The fourth-order valence-electron chi connectivity index (χ4n) is 7.94. The first kappa shape index (κ1) is 39.1. The molecule has 0 aliphatic rings. The second-order valence-electron chi connectivity index (χ2n) is 15.2. The van der Waals surface area contributed by atoms with E-state index in [9.17, 15) is 13.2 Å². The van der Waals surface area contributed by atoms with Gasteiger partial charge in [0.05, 0.1) is 22.3 Å². The zero-order valence-corrected chi connectivity index (χ0v) is 34.4. The molecular weight excluding hydrogens is 798 g/mol. The molecule has 306 valence electrons. The van der Waals surface area contributed by atoms with Gasteiger partial charge in [-0.2, -0.15) is 13.2 Å². The fourth-order valence-corrected chi connectivity index (χ4v) is 7.94. The number of benzene rings is 6. The Morgan fingerprint density at radius 2 is 0.794 bits per heavy atom. The zero-order valence-electron chi connectivity index (χ0n) is 34.4. The smallest absolute Gasteiger partial charge is 0.308 e. The molecule has 0 saturated carbocycles. The van der Waals surface area contributed by atoms with Crippen molar-refractivity contribution < 1.29 is 13.2 Å². The Morgan fingerprint density at radius 3 is 1.29 bits per heavy atom. The second kappa shape index (κ2) is 15.4. The van der Waals surface area contributed by atoms with Crippen molar-refractivity contribution in [1.82, 2.24) is 49.4 Å². The van der Waals surface area contributed by atoms with Gasteiger partial charge in [0.2, 0.25) is 0 Å². The number of aryl methyl sites for hydroxylation is 4. The van der Waals surface area contributed by atoms with Crippen molar-refractivity contribution in [2.45, 2.75) is 33.9 Å². The lowest BCUT2D eigenvalue weighted by Crippen LogP contribution is -2.05. The first-order valence-electron chi connectivity index (χ1n) is 20.1. The van der Waals surface area contributed by atoms with Gasteiger partial charge in [-0.3, -0.25) is 0 Å². The van der Waals surface area contributed by atoms with Gasteiger partial charge in [0, 0.05) is 38.6 Å². The molecule has 13 heteroatoms. The van der Waals surface area contributed by atoms with E-state index in [1.165, 1.54) is 12.1 Å². The average Bonchev–Trinajstić information content (AvgIpc) is 3.61. The molecule has 0 saturated heterocycles. The molecule has 10 aromatic rings. The maximum absolute atomic E-state index is 14.1. The van der Waals surface area contributed by atoms with Crippen LogP contribution in [0.3, 0.4) is 0 Å². The van der Waals surface area contributed by atoms with Crippen LogP contribution in [0.25, 0.3) is 95.6 Å². The average molecular weight is 833 g/mol. The molecule has 6 aromatic carbocycles. The SMILES string of the molecule is Cc1nc(C)nc(-c2ccc3c(c2)c2cc(-c4nc(C)nc(C)n4)ccc2n3-c2cc(-c3cccc(C(F)(F)F)c3)ccc2-c2nc(-c3ccccc3)nc(-c3ccccc3)n2)n1. The zero-order chi connectivity index (χ0) is 43.4. The molecule has 10 nitrogen and oxygen atoms in total. The summed E-state index contributed by atoms with van der Waals surface area (Å²) in [5.41, 5.74) is 6.24. The molecule has 0 N–H and O–H groups in total. The minimum absolute atomic E-state index is 0.379. The molecule has 4 aromatic heterocycles. The van der Waals surface area contributed by atoms with E-state index in [0.29, 0.717) is 74.8 Å². The number of fused-ring (bicyclic) bond motifs is 3. The molecule has 0 atom stereocenters. The van der Waals surface area contributed by atoms with Crippen molar-refractivity contribution in [2.75, 3.05) is 0 Å². The van der Waals surface area contributed by atoms with E-state index in [1.807, 2.05) is 131 Å². The van der Waals surface area contributed by atoms with Crippen LogP contribution in [0.2, 0.25) is 0 Å². The Balaban J connectivity index is 1.29. The molecule has 63 heavy (non-hydrogen) atoms. The number of hydrogen-bond donors (Lipinski definition) is 0. The van der Waals surface area contributed by atoms with Gasteiger partial charge < -0.3 is 4.57 Å². The molecule has 0 unspecified atom stereocenters. The lowest BCUT2D eigenvalue weighted by molar-refractivity contribution is -0.137. The Bertz CT molecular complexity index is 3180. The van der Waals surface area contributed by atoms with Crippen LogP contribution in [0.1, 0.15) is 28.9 Å². The minimum Gasteiger partial charge on any atom is -0.308 e. The van der Waals surface area contributed by atoms with Crippen molar-refractivity contribution in [3.05, 3.63) is 168 Å². The summed E-state index contributed by atoms with van der Waals surface area (Å²) in [6.07, 6.45) is -4.53. The normalized spacial score (nSPS) is 11.7. The topological polar surface area (TPSA) is 121 Å². The molecule has 0 amide bonds. The van der Waals surface area contributed by atoms with E-state index in [4.69, 9.17) is 15.0 Å². The molecule has 4 heterocycles. The molecule has 0 fully saturated rings. The van der Waals surface area contributed by atoms with E-state index in [2.05, 4.69) is 46.6 Å². The number of aromatic nitrogens is 10.